The van der Waals surface area contributed by atoms with E-state index in [0.717, 1.165) is 19.3 Å². The summed E-state index contributed by atoms with van der Waals surface area (Å²) in [5.74, 6) is 0. The molecule has 0 amide bonds. The summed E-state index contributed by atoms with van der Waals surface area (Å²) in [5.41, 5.74) is 0.766. The Labute approximate surface area is 158 Å². The predicted molar refractivity (Wildman–Crippen MR) is 103 cm³/mol. The molecule has 0 aromatic carbocycles. The Hall–Kier alpha value is -2.77. The minimum absolute atomic E-state index is 0.146. The zero-order valence-corrected chi connectivity index (χ0v) is 16.1. The Balaban J connectivity index is 2.01. The largest absolute Gasteiger partial charge is 0.390 e. The number of aromatic nitrogens is 6. The number of hydrogen-bond donors (Lipinski definition) is 0. The van der Waals surface area contributed by atoms with E-state index in [1.54, 1.807) is 24.8 Å². The lowest BCUT2D eigenvalue weighted by Crippen LogP contribution is -2.25. The van der Waals surface area contributed by atoms with Crippen molar-refractivity contribution < 1.29 is 4.74 Å². The molecule has 0 fully saturated rings. The SMILES string of the molecule is CCCCCC(C)n1cnc2nc(Oc3ncccn3)n(CCC)c(=O)c21. The highest BCUT2D eigenvalue weighted by Gasteiger charge is 2.19. The third-order valence-electron chi connectivity index (χ3n) is 4.53. The zero-order valence-electron chi connectivity index (χ0n) is 16.1. The molecule has 1 atom stereocenters. The fourth-order valence-corrected chi connectivity index (χ4v) is 3.09. The van der Waals surface area contributed by atoms with Gasteiger partial charge in [-0.2, -0.15) is 4.98 Å². The molecule has 3 aromatic rings. The monoisotopic (exact) mass is 370 g/mol. The Kier molecular flexibility index (Phi) is 6.16. The van der Waals surface area contributed by atoms with E-state index in [-0.39, 0.29) is 23.6 Å². The van der Waals surface area contributed by atoms with Gasteiger partial charge in [0.1, 0.15) is 0 Å². The minimum atomic E-state index is -0.146. The van der Waals surface area contributed by atoms with E-state index >= 15 is 0 Å². The van der Waals surface area contributed by atoms with Crippen LogP contribution < -0.4 is 10.3 Å². The van der Waals surface area contributed by atoms with Crippen molar-refractivity contribution in [2.24, 2.45) is 0 Å². The summed E-state index contributed by atoms with van der Waals surface area (Å²) < 4.78 is 9.16. The van der Waals surface area contributed by atoms with E-state index in [1.165, 1.54) is 17.4 Å². The van der Waals surface area contributed by atoms with Crippen molar-refractivity contribution in [2.45, 2.75) is 65.5 Å². The van der Waals surface area contributed by atoms with Gasteiger partial charge < -0.3 is 9.30 Å². The predicted octanol–water partition coefficient (Wildman–Crippen LogP) is 3.73. The molecule has 0 aliphatic heterocycles. The Morgan fingerprint density at radius 1 is 1.11 bits per heavy atom. The molecule has 3 heterocycles. The second kappa shape index (κ2) is 8.75. The molecule has 8 nitrogen and oxygen atoms in total. The molecule has 1 unspecified atom stereocenters. The number of hydrogen-bond acceptors (Lipinski definition) is 6. The van der Waals surface area contributed by atoms with Gasteiger partial charge >= 0.3 is 12.0 Å². The first-order valence-corrected chi connectivity index (χ1v) is 9.57. The molecular formula is C19H26N6O2. The van der Waals surface area contributed by atoms with Crippen molar-refractivity contribution in [3.05, 3.63) is 35.1 Å². The summed E-state index contributed by atoms with van der Waals surface area (Å²) in [4.78, 5) is 30.1. The Morgan fingerprint density at radius 3 is 2.59 bits per heavy atom. The minimum Gasteiger partial charge on any atom is -0.390 e. The number of ether oxygens (including phenoxy) is 1. The average Bonchev–Trinajstić information content (AvgIpc) is 3.10. The van der Waals surface area contributed by atoms with Gasteiger partial charge in [0.25, 0.3) is 5.56 Å². The first-order valence-electron chi connectivity index (χ1n) is 9.57. The summed E-state index contributed by atoms with van der Waals surface area (Å²) in [5, 5.41) is 0. The molecule has 0 aliphatic carbocycles. The van der Waals surface area contributed by atoms with Gasteiger partial charge in [-0.3, -0.25) is 9.36 Å². The van der Waals surface area contributed by atoms with Crippen LogP contribution in [-0.2, 0) is 6.54 Å². The fourth-order valence-electron chi connectivity index (χ4n) is 3.09. The van der Waals surface area contributed by atoms with Crippen molar-refractivity contribution in [3.8, 4) is 12.0 Å². The van der Waals surface area contributed by atoms with E-state index in [2.05, 4.69) is 33.8 Å². The molecule has 0 saturated carbocycles. The molecule has 144 valence electrons. The first-order chi connectivity index (χ1) is 13.2. The van der Waals surface area contributed by atoms with Gasteiger partial charge in [-0.1, -0.05) is 33.1 Å². The molecule has 0 aliphatic rings. The quantitative estimate of drug-likeness (QED) is 0.533. The van der Waals surface area contributed by atoms with E-state index in [9.17, 15) is 4.79 Å². The zero-order chi connectivity index (χ0) is 19.2. The maximum Gasteiger partial charge on any atom is 0.324 e. The van der Waals surface area contributed by atoms with Crippen LogP contribution in [0.25, 0.3) is 11.2 Å². The van der Waals surface area contributed by atoms with Crippen LogP contribution in [0.1, 0.15) is 58.9 Å². The van der Waals surface area contributed by atoms with E-state index in [0.29, 0.717) is 17.7 Å². The van der Waals surface area contributed by atoms with Crippen molar-refractivity contribution in [2.75, 3.05) is 0 Å². The molecule has 3 aromatic heterocycles. The second-order valence-corrected chi connectivity index (χ2v) is 6.65. The Bertz CT molecular complexity index is 935. The molecule has 0 spiro atoms. The van der Waals surface area contributed by atoms with Crippen molar-refractivity contribution in [1.82, 2.24) is 29.1 Å². The molecule has 27 heavy (non-hydrogen) atoms. The topological polar surface area (TPSA) is 87.7 Å². The smallest absolute Gasteiger partial charge is 0.324 e. The van der Waals surface area contributed by atoms with Crippen LogP contribution >= 0.6 is 0 Å². The van der Waals surface area contributed by atoms with Crippen molar-refractivity contribution >= 4 is 11.2 Å². The first kappa shape index (κ1) is 19.0. The third kappa shape index (κ3) is 4.15. The molecular weight excluding hydrogens is 344 g/mol. The molecule has 8 heteroatoms. The van der Waals surface area contributed by atoms with Crippen LogP contribution in [0, 0.1) is 0 Å². The van der Waals surface area contributed by atoms with Crippen LogP contribution in [0.4, 0.5) is 0 Å². The average molecular weight is 370 g/mol. The number of imidazole rings is 1. The summed E-state index contributed by atoms with van der Waals surface area (Å²) in [6, 6.07) is 2.21. The summed E-state index contributed by atoms with van der Waals surface area (Å²) >= 11 is 0. The fraction of sp³-hybridized carbons (Fsp3) is 0.526. The lowest BCUT2D eigenvalue weighted by atomic mass is 10.1. The van der Waals surface area contributed by atoms with Gasteiger partial charge in [-0.15, -0.1) is 0 Å². The van der Waals surface area contributed by atoms with Gasteiger partial charge in [-0.25, -0.2) is 15.0 Å². The second-order valence-electron chi connectivity index (χ2n) is 6.65. The van der Waals surface area contributed by atoms with Gasteiger partial charge in [0.05, 0.1) is 6.33 Å². The van der Waals surface area contributed by atoms with Crippen molar-refractivity contribution in [3.63, 3.8) is 0 Å². The van der Waals surface area contributed by atoms with Crippen LogP contribution in [0.5, 0.6) is 12.0 Å². The number of rotatable bonds is 9. The molecule has 0 N–H and O–H groups in total. The van der Waals surface area contributed by atoms with Crippen LogP contribution in [0.3, 0.4) is 0 Å². The Morgan fingerprint density at radius 2 is 1.89 bits per heavy atom. The summed E-state index contributed by atoms with van der Waals surface area (Å²) in [7, 11) is 0. The normalized spacial score (nSPS) is 12.4. The molecule has 0 bridgehead atoms. The standard InChI is InChI=1S/C19H26N6O2/c1-4-6-7-9-14(3)25-13-22-16-15(25)17(26)24(12-5-2)19(23-16)27-18-20-10-8-11-21-18/h8,10-11,13-14H,4-7,9,12H2,1-3H3. The summed E-state index contributed by atoms with van der Waals surface area (Å²) in [6.07, 6.45) is 10.1. The van der Waals surface area contributed by atoms with Gasteiger partial charge in [0.2, 0.25) is 0 Å². The highest BCUT2D eigenvalue weighted by atomic mass is 16.5. The van der Waals surface area contributed by atoms with E-state index in [4.69, 9.17) is 4.74 Å². The van der Waals surface area contributed by atoms with Crippen LogP contribution in [0.2, 0.25) is 0 Å². The van der Waals surface area contributed by atoms with Crippen molar-refractivity contribution in [1.29, 1.82) is 0 Å². The maximum absolute atomic E-state index is 13.2. The molecule has 0 saturated heterocycles. The highest BCUT2D eigenvalue weighted by Crippen LogP contribution is 2.22. The lowest BCUT2D eigenvalue weighted by Gasteiger charge is -2.15. The maximum atomic E-state index is 13.2. The van der Waals surface area contributed by atoms with E-state index < -0.39 is 0 Å². The third-order valence-corrected chi connectivity index (χ3v) is 4.53. The van der Waals surface area contributed by atoms with Crippen LogP contribution in [-0.4, -0.2) is 29.1 Å². The lowest BCUT2D eigenvalue weighted by molar-refractivity contribution is 0.371. The molecule has 0 radical (unpaired) electrons. The van der Waals surface area contributed by atoms with Gasteiger partial charge in [-0.05, 0) is 25.8 Å². The van der Waals surface area contributed by atoms with Crippen LogP contribution in [0.15, 0.2) is 29.6 Å². The number of unbranched alkanes of at least 4 members (excludes halogenated alkanes) is 2. The summed E-state index contributed by atoms with van der Waals surface area (Å²) in [6.45, 7) is 6.80. The molecule has 3 rings (SSSR count). The van der Waals surface area contributed by atoms with Gasteiger partial charge in [0, 0.05) is 25.0 Å². The highest BCUT2D eigenvalue weighted by molar-refractivity contribution is 5.70. The van der Waals surface area contributed by atoms with Gasteiger partial charge in [0.15, 0.2) is 11.2 Å². The number of nitrogens with zero attached hydrogens (tertiary/aromatic N) is 6. The van der Waals surface area contributed by atoms with E-state index in [1.807, 2.05) is 11.5 Å². The number of fused-ring (bicyclic) bond motifs is 1.